The van der Waals surface area contributed by atoms with Gasteiger partial charge in [0.1, 0.15) is 5.76 Å². The molecular formula is C12H15N3O2. The van der Waals surface area contributed by atoms with Gasteiger partial charge in [-0.15, -0.1) is 0 Å². The van der Waals surface area contributed by atoms with Crippen molar-refractivity contribution in [3.8, 4) is 6.07 Å². The van der Waals surface area contributed by atoms with Crippen molar-refractivity contribution in [2.45, 2.75) is 33.2 Å². The Labute approximate surface area is 100.0 Å². The zero-order chi connectivity index (χ0) is 12.6. The molecule has 5 nitrogen and oxygen atoms in total. The first-order chi connectivity index (χ1) is 8.04. The maximum absolute atomic E-state index is 11.8. The van der Waals surface area contributed by atoms with E-state index in [-0.39, 0.29) is 17.9 Å². The minimum atomic E-state index is -0.189. The summed E-state index contributed by atoms with van der Waals surface area (Å²) in [5, 5.41) is 12.8. The van der Waals surface area contributed by atoms with Gasteiger partial charge < -0.3 is 9.42 Å². The minimum absolute atomic E-state index is 0.0315. The summed E-state index contributed by atoms with van der Waals surface area (Å²) in [6.45, 7) is 6.16. The van der Waals surface area contributed by atoms with E-state index in [1.165, 1.54) is 0 Å². The molecular weight excluding hydrogens is 218 g/mol. The molecule has 5 heteroatoms. The standard InChI is InChI=1S/C12H15N3O2/c1-7-12(9(3)17-14-7)8(2)15-6-10(5-13)4-11(15)16/h8,10H,4,6H2,1-3H3. The van der Waals surface area contributed by atoms with Crippen molar-refractivity contribution in [1.29, 1.82) is 5.26 Å². The minimum Gasteiger partial charge on any atom is -0.361 e. The lowest BCUT2D eigenvalue weighted by atomic mass is 10.1. The van der Waals surface area contributed by atoms with E-state index in [4.69, 9.17) is 9.78 Å². The maximum atomic E-state index is 11.8. The molecule has 1 aliphatic heterocycles. The summed E-state index contributed by atoms with van der Waals surface area (Å²) in [6, 6.07) is 2.08. The van der Waals surface area contributed by atoms with Gasteiger partial charge in [0, 0.05) is 18.5 Å². The van der Waals surface area contributed by atoms with Crippen molar-refractivity contribution in [2.24, 2.45) is 5.92 Å². The van der Waals surface area contributed by atoms with E-state index in [2.05, 4.69) is 11.2 Å². The van der Waals surface area contributed by atoms with Crippen molar-refractivity contribution in [3.63, 3.8) is 0 Å². The zero-order valence-corrected chi connectivity index (χ0v) is 10.2. The van der Waals surface area contributed by atoms with Crippen LogP contribution in [0.25, 0.3) is 0 Å². The number of hydrogen-bond donors (Lipinski definition) is 0. The fourth-order valence-electron chi connectivity index (χ4n) is 2.43. The average molecular weight is 233 g/mol. The summed E-state index contributed by atoms with van der Waals surface area (Å²) in [6.07, 6.45) is 0.324. The molecule has 2 unspecified atom stereocenters. The van der Waals surface area contributed by atoms with Gasteiger partial charge in [0.2, 0.25) is 5.91 Å². The Hall–Kier alpha value is -1.83. The van der Waals surface area contributed by atoms with E-state index in [9.17, 15) is 4.79 Å². The first-order valence-electron chi connectivity index (χ1n) is 5.66. The predicted molar refractivity (Wildman–Crippen MR) is 59.8 cm³/mol. The second-order valence-corrected chi connectivity index (χ2v) is 4.49. The van der Waals surface area contributed by atoms with Gasteiger partial charge in [-0.05, 0) is 20.8 Å². The summed E-state index contributed by atoms with van der Waals surface area (Å²) < 4.78 is 5.11. The number of nitrogens with zero attached hydrogens (tertiary/aromatic N) is 3. The van der Waals surface area contributed by atoms with Gasteiger partial charge in [0.25, 0.3) is 0 Å². The third-order valence-corrected chi connectivity index (χ3v) is 3.31. The van der Waals surface area contributed by atoms with Crippen molar-refractivity contribution >= 4 is 5.91 Å². The fraction of sp³-hybridized carbons (Fsp3) is 0.583. The highest BCUT2D eigenvalue weighted by Gasteiger charge is 2.35. The quantitative estimate of drug-likeness (QED) is 0.779. The largest absolute Gasteiger partial charge is 0.361 e. The molecule has 1 amide bonds. The molecule has 1 saturated heterocycles. The van der Waals surface area contributed by atoms with Crippen LogP contribution in [-0.2, 0) is 4.79 Å². The molecule has 1 aromatic heterocycles. The molecule has 0 aliphatic carbocycles. The monoisotopic (exact) mass is 233 g/mol. The summed E-state index contributed by atoms with van der Waals surface area (Å²) in [5.41, 5.74) is 1.76. The number of aryl methyl sites for hydroxylation is 2. The van der Waals surface area contributed by atoms with E-state index < -0.39 is 0 Å². The topological polar surface area (TPSA) is 70.1 Å². The van der Waals surface area contributed by atoms with E-state index in [0.29, 0.717) is 13.0 Å². The average Bonchev–Trinajstić information content (AvgIpc) is 2.82. The molecule has 0 saturated carbocycles. The van der Waals surface area contributed by atoms with E-state index in [1.807, 2.05) is 20.8 Å². The van der Waals surface area contributed by atoms with E-state index in [1.54, 1.807) is 4.90 Å². The number of carbonyl (C=O) groups is 1. The van der Waals surface area contributed by atoms with Crippen LogP contribution < -0.4 is 0 Å². The van der Waals surface area contributed by atoms with Crippen LogP contribution in [0.15, 0.2) is 4.52 Å². The van der Waals surface area contributed by atoms with Crippen molar-refractivity contribution in [2.75, 3.05) is 6.54 Å². The lowest BCUT2D eigenvalue weighted by molar-refractivity contribution is -0.129. The maximum Gasteiger partial charge on any atom is 0.224 e. The fourth-order valence-corrected chi connectivity index (χ4v) is 2.43. The smallest absolute Gasteiger partial charge is 0.224 e. The van der Waals surface area contributed by atoms with Gasteiger partial charge >= 0.3 is 0 Å². The van der Waals surface area contributed by atoms with Crippen LogP contribution in [0.1, 0.15) is 36.4 Å². The van der Waals surface area contributed by atoms with Crippen LogP contribution in [-0.4, -0.2) is 22.5 Å². The van der Waals surface area contributed by atoms with Crippen LogP contribution in [0.5, 0.6) is 0 Å². The SMILES string of the molecule is Cc1noc(C)c1C(C)N1CC(C#N)CC1=O. The molecule has 1 aliphatic rings. The van der Waals surface area contributed by atoms with Crippen LogP contribution in [0.2, 0.25) is 0 Å². The molecule has 0 spiro atoms. The summed E-state index contributed by atoms with van der Waals surface area (Å²) in [4.78, 5) is 13.6. The number of carbonyl (C=O) groups excluding carboxylic acids is 1. The molecule has 2 heterocycles. The summed E-state index contributed by atoms with van der Waals surface area (Å²) >= 11 is 0. The summed E-state index contributed by atoms with van der Waals surface area (Å²) in [5.74, 6) is 0.581. The lowest BCUT2D eigenvalue weighted by Crippen LogP contribution is -2.29. The number of rotatable bonds is 2. The second-order valence-electron chi connectivity index (χ2n) is 4.49. The van der Waals surface area contributed by atoms with Gasteiger partial charge in [-0.3, -0.25) is 4.79 Å². The third-order valence-electron chi connectivity index (χ3n) is 3.31. The Morgan fingerprint density at radius 1 is 1.59 bits per heavy atom. The van der Waals surface area contributed by atoms with Crippen molar-refractivity contribution in [3.05, 3.63) is 17.0 Å². The Bertz CT molecular complexity index is 467. The Morgan fingerprint density at radius 3 is 2.76 bits per heavy atom. The second kappa shape index (κ2) is 4.21. The number of hydrogen-bond acceptors (Lipinski definition) is 4. The highest BCUT2D eigenvalue weighted by molar-refractivity contribution is 5.79. The first kappa shape index (κ1) is 11.6. The molecule has 90 valence electrons. The molecule has 0 aromatic carbocycles. The summed E-state index contributed by atoms with van der Waals surface area (Å²) in [7, 11) is 0. The highest BCUT2D eigenvalue weighted by atomic mass is 16.5. The Kier molecular flexibility index (Phi) is 2.88. The molecule has 0 N–H and O–H groups in total. The normalized spacial score (nSPS) is 21.6. The van der Waals surface area contributed by atoms with Crippen LogP contribution in [0.3, 0.4) is 0 Å². The highest BCUT2D eigenvalue weighted by Crippen LogP contribution is 2.31. The van der Waals surface area contributed by atoms with Crippen LogP contribution in [0, 0.1) is 31.1 Å². The molecule has 0 bridgehead atoms. The van der Waals surface area contributed by atoms with E-state index >= 15 is 0 Å². The van der Waals surface area contributed by atoms with Crippen molar-refractivity contribution < 1.29 is 9.32 Å². The van der Waals surface area contributed by atoms with E-state index in [0.717, 1.165) is 17.0 Å². The number of amides is 1. The lowest BCUT2D eigenvalue weighted by Gasteiger charge is -2.24. The molecule has 0 radical (unpaired) electrons. The van der Waals surface area contributed by atoms with Gasteiger partial charge in [0.05, 0.1) is 23.7 Å². The van der Waals surface area contributed by atoms with Crippen molar-refractivity contribution in [1.82, 2.24) is 10.1 Å². The molecule has 2 rings (SSSR count). The van der Waals surface area contributed by atoms with Gasteiger partial charge in [-0.1, -0.05) is 5.16 Å². The number of likely N-dealkylation sites (tertiary alicyclic amines) is 1. The molecule has 17 heavy (non-hydrogen) atoms. The Balaban J connectivity index is 2.25. The zero-order valence-electron chi connectivity index (χ0n) is 10.2. The van der Waals surface area contributed by atoms with Crippen LogP contribution >= 0.6 is 0 Å². The molecule has 1 fully saturated rings. The number of aromatic nitrogens is 1. The van der Waals surface area contributed by atoms with Gasteiger partial charge in [-0.25, -0.2) is 0 Å². The van der Waals surface area contributed by atoms with Gasteiger partial charge in [-0.2, -0.15) is 5.26 Å². The molecule has 2 atom stereocenters. The van der Waals surface area contributed by atoms with Crippen LogP contribution in [0.4, 0.5) is 0 Å². The van der Waals surface area contributed by atoms with Gasteiger partial charge in [0.15, 0.2) is 0 Å². The third kappa shape index (κ3) is 1.91. The molecule has 1 aromatic rings. The predicted octanol–water partition coefficient (Wildman–Crippen LogP) is 1.72. The first-order valence-corrected chi connectivity index (χ1v) is 5.66. The number of nitriles is 1. The Morgan fingerprint density at radius 2 is 2.29 bits per heavy atom.